The molecule has 2 amide bonds. The minimum atomic E-state index is -0.497. The van der Waals surface area contributed by atoms with E-state index in [0.29, 0.717) is 38.0 Å². The molecule has 0 bridgehead atoms. The van der Waals surface area contributed by atoms with Crippen LogP contribution in [0.3, 0.4) is 0 Å². The van der Waals surface area contributed by atoms with Crippen molar-refractivity contribution in [1.29, 1.82) is 0 Å². The third-order valence-electron chi connectivity index (χ3n) is 5.33. The predicted molar refractivity (Wildman–Crippen MR) is 103 cm³/mol. The fraction of sp³-hybridized carbons (Fsp3) is 0.364. The average molecular weight is 368 g/mol. The van der Waals surface area contributed by atoms with E-state index in [4.69, 9.17) is 0 Å². The molecule has 1 aliphatic heterocycles. The van der Waals surface area contributed by atoms with Crippen LogP contribution in [-0.4, -0.2) is 29.8 Å². The number of piperidine rings is 1. The molecule has 27 heavy (non-hydrogen) atoms. The third-order valence-corrected chi connectivity index (χ3v) is 5.33. The van der Waals surface area contributed by atoms with Crippen LogP contribution in [0.4, 0.5) is 4.39 Å². The second kappa shape index (κ2) is 7.91. The maximum absolute atomic E-state index is 13.0. The Kier molecular flexibility index (Phi) is 5.59. The van der Waals surface area contributed by atoms with Gasteiger partial charge in [0.15, 0.2) is 0 Å². The van der Waals surface area contributed by atoms with Crippen molar-refractivity contribution in [2.24, 2.45) is 5.41 Å². The van der Waals surface area contributed by atoms with Gasteiger partial charge in [-0.2, -0.15) is 0 Å². The van der Waals surface area contributed by atoms with E-state index >= 15 is 0 Å². The van der Waals surface area contributed by atoms with Gasteiger partial charge in [0.05, 0.1) is 0 Å². The van der Waals surface area contributed by atoms with Gasteiger partial charge in [-0.1, -0.05) is 36.8 Å². The molecule has 3 rings (SSSR count). The first-order valence-corrected chi connectivity index (χ1v) is 9.26. The summed E-state index contributed by atoms with van der Waals surface area (Å²) in [4.78, 5) is 27.2. The summed E-state index contributed by atoms with van der Waals surface area (Å²) in [6.45, 7) is 5.41. The summed E-state index contributed by atoms with van der Waals surface area (Å²) in [6, 6.07) is 13.7. The number of nitrogens with one attached hydrogen (secondary N) is 1. The quantitative estimate of drug-likeness (QED) is 0.895. The van der Waals surface area contributed by atoms with Crippen LogP contribution in [0, 0.1) is 18.2 Å². The van der Waals surface area contributed by atoms with Crippen LogP contribution in [0.1, 0.15) is 41.3 Å². The summed E-state index contributed by atoms with van der Waals surface area (Å²) < 4.78 is 13.0. The van der Waals surface area contributed by atoms with Crippen molar-refractivity contribution in [3.63, 3.8) is 0 Å². The van der Waals surface area contributed by atoms with E-state index in [0.717, 1.165) is 11.1 Å². The Morgan fingerprint density at radius 3 is 2.41 bits per heavy atom. The molecule has 2 aromatic carbocycles. The SMILES string of the molecule is Cc1cccc(C(=O)N2CCC(C)(C(=O)NCc3ccc(F)cc3)CC2)c1. The molecule has 4 nitrogen and oxygen atoms in total. The van der Waals surface area contributed by atoms with Crippen molar-refractivity contribution < 1.29 is 14.0 Å². The van der Waals surface area contributed by atoms with Crippen molar-refractivity contribution in [1.82, 2.24) is 10.2 Å². The predicted octanol–water partition coefficient (Wildman–Crippen LogP) is 3.69. The summed E-state index contributed by atoms with van der Waals surface area (Å²) in [5, 5.41) is 2.95. The molecule has 1 saturated heterocycles. The standard InChI is InChI=1S/C22H25FN2O2/c1-16-4-3-5-18(14-16)20(26)25-12-10-22(2,11-13-25)21(27)24-15-17-6-8-19(23)9-7-17/h3-9,14H,10-13,15H2,1-2H3,(H,24,27). The smallest absolute Gasteiger partial charge is 0.253 e. The second-order valence-corrected chi connectivity index (χ2v) is 7.53. The number of benzene rings is 2. The number of halogens is 1. The van der Waals surface area contributed by atoms with E-state index in [-0.39, 0.29) is 17.6 Å². The fourth-order valence-corrected chi connectivity index (χ4v) is 3.39. The summed E-state index contributed by atoms with van der Waals surface area (Å²) in [6.07, 6.45) is 1.25. The molecule has 1 N–H and O–H groups in total. The highest BCUT2D eigenvalue weighted by Crippen LogP contribution is 2.32. The van der Waals surface area contributed by atoms with E-state index in [9.17, 15) is 14.0 Å². The number of likely N-dealkylation sites (tertiary alicyclic amines) is 1. The Morgan fingerprint density at radius 1 is 1.11 bits per heavy atom. The average Bonchev–Trinajstić information content (AvgIpc) is 2.67. The Labute approximate surface area is 159 Å². The van der Waals surface area contributed by atoms with Gasteiger partial charge in [-0.3, -0.25) is 9.59 Å². The van der Waals surface area contributed by atoms with Crippen LogP contribution in [-0.2, 0) is 11.3 Å². The van der Waals surface area contributed by atoms with Gasteiger partial charge in [0.1, 0.15) is 5.82 Å². The number of carbonyl (C=O) groups excluding carboxylic acids is 2. The van der Waals surface area contributed by atoms with Gasteiger partial charge in [0.2, 0.25) is 5.91 Å². The van der Waals surface area contributed by atoms with Crippen LogP contribution >= 0.6 is 0 Å². The minimum absolute atomic E-state index is 0.0190. The molecule has 1 fully saturated rings. The Morgan fingerprint density at radius 2 is 1.78 bits per heavy atom. The highest BCUT2D eigenvalue weighted by atomic mass is 19.1. The molecular weight excluding hydrogens is 343 g/mol. The van der Waals surface area contributed by atoms with E-state index in [2.05, 4.69) is 5.32 Å². The molecule has 0 saturated carbocycles. The molecule has 0 spiro atoms. The number of hydrogen-bond acceptors (Lipinski definition) is 2. The number of rotatable bonds is 4. The molecule has 0 atom stereocenters. The summed E-state index contributed by atoms with van der Waals surface area (Å²) in [5.74, 6) is -0.287. The third kappa shape index (κ3) is 4.54. The van der Waals surface area contributed by atoms with Gasteiger partial charge in [0, 0.05) is 30.6 Å². The molecule has 1 heterocycles. The molecule has 5 heteroatoms. The van der Waals surface area contributed by atoms with Crippen LogP contribution in [0.5, 0.6) is 0 Å². The maximum atomic E-state index is 13.0. The Bertz CT molecular complexity index is 824. The lowest BCUT2D eigenvalue weighted by Crippen LogP contribution is -2.48. The topological polar surface area (TPSA) is 49.4 Å². The largest absolute Gasteiger partial charge is 0.352 e. The molecular formula is C22H25FN2O2. The van der Waals surface area contributed by atoms with Crippen molar-refractivity contribution in [3.8, 4) is 0 Å². The maximum Gasteiger partial charge on any atom is 0.253 e. The van der Waals surface area contributed by atoms with Crippen LogP contribution in [0.15, 0.2) is 48.5 Å². The molecule has 2 aromatic rings. The van der Waals surface area contributed by atoms with Crippen molar-refractivity contribution in [2.45, 2.75) is 33.2 Å². The number of carbonyl (C=O) groups is 2. The van der Waals surface area contributed by atoms with Crippen molar-refractivity contribution in [3.05, 3.63) is 71.0 Å². The lowest BCUT2D eigenvalue weighted by molar-refractivity contribution is -0.132. The lowest BCUT2D eigenvalue weighted by atomic mass is 9.79. The Hall–Kier alpha value is -2.69. The van der Waals surface area contributed by atoms with E-state index in [1.54, 1.807) is 12.1 Å². The lowest BCUT2D eigenvalue weighted by Gasteiger charge is -2.38. The zero-order valence-electron chi connectivity index (χ0n) is 15.8. The zero-order chi connectivity index (χ0) is 19.4. The molecule has 0 unspecified atom stereocenters. The first kappa shape index (κ1) is 19.1. The first-order chi connectivity index (χ1) is 12.9. The normalized spacial score (nSPS) is 16.0. The van der Waals surface area contributed by atoms with Crippen LogP contribution in [0.25, 0.3) is 0 Å². The molecule has 0 aromatic heterocycles. The minimum Gasteiger partial charge on any atom is -0.352 e. The first-order valence-electron chi connectivity index (χ1n) is 9.26. The highest BCUT2D eigenvalue weighted by Gasteiger charge is 2.38. The van der Waals surface area contributed by atoms with Gasteiger partial charge in [0.25, 0.3) is 5.91 Å². The number of aryl methyl sites for hydroxylation is 1. The van der Waals surface area contributed by atoms with Gasteiger partial charge >= 0.3 is 0 Å². The zero-order valence-corrected chi connectivity index (χ0v) is 15.8. The summed E-state index contributed by atoms with van der Waals surface area (Å²) in [7, 11) is 0. The number of amides is 2. The van der Waals surface area contributed by atoms with Crippen LogP contribution < -0.4 is 5.32 Å². The van der Waals surface area contributed by atoms with E-state index in [1.165, 1.54) is 12.1 Å². The second-order valence-electron chi connectivity index (χ2n) is 7.53. The monoisotopic (exact) mass is 368 g/mol. The van der Waals surface area contributed by atoms with Gasteiger partial charge < -0.3 is 10.2 Å². The van der Waals surface area contributed by atoms with Crippen LogP contribution in [0.2, 0.25) is 0 Å². The molecule has 0 aliphatic carbocycles. The highest BCUT2D eigenvalue weighted by molar-refractivity contribution is 5.94. The van der Waals surface area contributed by atoms with Gasteiger partial charge in [-0.05, 0) is 49.6 Å². The number of hydrogen-bond donors (Lipinski definition) is 1. The van der Waals surface area contributed by atoms with Gasteiger partial charge in [-0.25, -0.2) is 4.39 Å². The fourth-order valence-electron chi connectivity index (χ4n) is 3.39. The summed E-state index contributed by atoms with van der Waals surface area (Å²) >= 11 is 0. The summed E-state index contributed by atoms with van der Waals surface area (Å²) in [5.41, 5.74) is 2.12. The van der Waals surface area contributed by atoms with Crippen molar-refractivity contribution >= 4 is 11.8 Å². The molecule has 0 radical (unpaired) electrons. The van der Waals surface area contributed by atoms with Crippen molar-refractivity contribution in [2.75, 3.05) is 13.1 Å². The number of nitrogens with zero attached hydrogens (tertiary/aromatic N) is 1. The van der Waals surface area contributed by atoms with Gasteiger partial charge in [-0.15, -0.1) is 0 Å². The molecule has 142 valence electrons. The van der Waals surface area contributed by atoms with E-state index < -0.39 is 5.41 Å². The van der Waals surface area contributed by atoms with E-state index in [1.807, 2.05) is 43.0 Å². The molecule has 1 aliphatic rings. The Balaban J connectivity index is 1.55.